The van der Waals surface area contributed by atoms with E-state index in [2.05, 4.69) is 67.8 Å². The molecule has 2 aliphatic heterocycles. The summed E-state index contributed by atoms with van der Waals surface area (Å²) >= 11 is 6.37. The molecule has 2 aliphatic rings. The summed E-state index contributed by atoms with van der Waals surface area (Å²) in [6, 6.07) is 3.70. The molecule has 1 aromatic rings. The number of ether oxygens (including phenoxy) is 3. The average Bonchev–Trinajstić information content (AvgIpc) is 3.17. The molecule has 0 saturated carbocycles. The maximum Gasteiger partial charge on any atom is 0.339 e. The van der Waals surface area contributed by atoms with E-state index in [0.717, 1.165) is 10.7 Å². The molecule has 154 valence electrons. The van der Waals surface area contributed by atoms with E-state index in [4.69, 9.17) is 14.2 Å². The molecule has 0 amide bonds. The van der Waals surface area contributed by atoms with Gasteiger partial charge in [0.25, 0.3) is 0 Å². The number of carbonyl (C=O) groups excluding carboxylic acids is 2. The second-order valence-corrected chi connectivity index (χ2v) is 11.4. The van der Waals surface area contributed by atoms with Gasteiger partial charge in [0.1, 0.15) is 18.8 Å². The fourth-order valence-electron chi connectivity index (χ4n) is 3.28. The van der Waals surface area contributed by atoms with E-state index in [0.29, 0.717) is 18.4 Å². The maximum atomic E-state index is 12.7. The standard InChI is InChI=1S/C16H15I3O8S/c17-7-3-9(13(19)11(18)4-7)16(21)27-12-6-8-5-10(14(12)26-8)15(20)25-1-2-28(22,23)24/h3-4,8,10,12,14H,1-2,5-6H2,(H,22,23,24)/p-1. The Balaban J connectivity index is 1.64. The molecule has 0 aromatic heterocycles. The van der Waals surface area contributed by atoms with Crippen LogP contribution in [0.4, 0.5) is 0 Å². The van der Waals surface area contributed by atoms with Gasteiger partial charge in [0, 0.05) is 17.1 Å². The summed E-state index contributed by atoms with van der Waals surface area (Å²) in [6.45, 7) is -0.498. The molecule has 4 atom stereocenters. The smallest absolute Gasteiger partial charge is 0.339 e. The van der Waals surface area contributed by atoms with Crippen molar-refractivity contribution < 1.29 is 36.8 Å². The van der Waals surface area contributed by atoms with Gasteiger partial charge in [0.15, 0.2) is 0 Å². The highest BCUT2D eigenvalue weighted by Gasteiger charge is 2.53. The van der Waals surface area contributed by atoms with E-state index in [-0.39, 0.29) is 6.10 Å². The normalized spacial score (nSPS) is 26.3. The van der Waals surface area contributed by atoms with Crippen molar-refractivity contribution in [3.63, 3.8) is 0 Å². The lowest BCUT2D eigenvalue weighted by molar-refractivity contribution is -0.151. The third-order valence-corrected chi connectivity index (χ3v) is 8.81. The molecule has 2 fully saturated rings. The van der Waals surface area contributed by atoms with Crippen molar-refractivity contribution in [2.75, 3.05) is 12.4 Å². The first-order valence-corrected chi connectivity index (χ1v) is 13.0. The fourth-order valence-corrected chi connectivity index (χ4v) is 5.95. The van der Waals surface area contributed by atoms with E-state index in [1.54, 1.807) is 6.07 Å². The number of halogens is 3. The Hall–Kier alpha value is 0.220. The zero-order valence-electron chi connectivity index (χ0n) is 14.1. The summed E-state index contributed by atoms with van der Waals surface area (Å²) in [5.41, 5.74) is 0.458. The molecule has 4 unspecified atom stereocenters. The molecule has 28 heavy (non-hydrogen) atoms. The summed E-state index contributed by atoms with van der Waals surface area (Å²) in [7, 11) is -4.45. The van der Waals surface area contributed by atoms with Crippen molar-refractivity contribution >= 4 is 89.8 Å². The monoisotopic (exact) mass is 747 g/mol. The number of hydrogen-bond donors (Lipinski definition) is 0. The van der Waals surface area contributed by atoms with Crippen LogP contribution < -0.4 is 0 Å². The van der Waals surface area contributed by atoms with Gasteiger partial charge in [0.2, 0.25) is 0 Å². The van der Waals surface area contributed by atoms with Crippen LogP contribution in [0.25, 0.3) is 0 Å². The van der Waals surface area contributed by atoms with Crippen molar-refractivity contribution in [3.05, 3.63) is 28.4 Å². The molecule has 2 heterocycles. The average molecular weight is 747 g/mol. The van der Waals surface area contributed by atoms with Gasteiger partial charge in [-0.15, -0.1) is 0 Å². The number of hydrogen-bond acceptors (Lipinski definition) is 8. The van der Waals surface area contributed by atoms with E-state index in [9.17, 15) is 22.6 Å². The van der Waals surface area contributed by atoms with Crippen LogP contribution >= 0.6 is 67.8 Å². The third kappa shape index (κ3) is 5.47. The minimum absolute atomic E-state index is 0.223. The Labute approximate surface area is 202 Å². The number of rotatable bonds is 6. The Kier molecular flexibility index (Phi) is 7.48. The van der Waals surface area contributed by atoms with Crippen LogP contribution in [0, 0.1) is 16.6 Å². The SMILES string of the molecule is O=C(OC1CC2CC(C(=O)OCCS(=O)(=O)[O-])C1O2)c1cc(I)cc(I)c1I. The predicted octanol–water partition coefficient (Wildman–Crippen LogP) is 2.29. The van der Waals surface area contributed by atoms with E-state index >= 15 is 0 Å². The quantitative estimate of drug-likeness (QED) is 0.189. The summed E-state index contributed by atoms with van der Waals surface area (Å²) in [4.78, 5) is 24.9. The Morgan fingerprint density at radius 2 is 1.93 bits per heavy atom. The van der Waals surface area contributed by atoms with E-state index in [1.807, 2.05) is 6.07 Å². The first-order chi connectivity index (χ1) is 13.0. The topological polar surface area (TPSA) is 119 Å². The molecule has 0 radical (unpaired) electrons. The minimum atomic E-state index is -4.45. The Bertz CT molecular complexity index is 903. The molecule has 0 aliphatic carbocycles. The van der Waals surface area contributed by atoms with Crippen LogP contribution in [0.3, 0.4) is 0 Å². The number of benzene rings is 1. The second-order valence-electron chi connectivity index (χ2n) is 6.42. The number of carbonyl (C=O) groups is 2. The highest BCUT2D eigenvalue weighted by atomic mass is 127. The molecular formula is C16H14I3O8S-. The summed E-state index contributed by atoms with van der Waals surface area (Å²) in [5, 5.41) is 0. The highest BCUT2D eigenvalue weighted by Crippen LogP contribution is 2.41. The largest absolute Gasteiger partial charge is 0.748 e. The fraction of sp³-hybridized carbons (Fsp3) is 0.500. The Morgan fingerprint density at radius 1 is 1.21 bits per heavy atom. The van der Waals surface area contributed by atoms with Crippen LogP contribution in [-0.4, -0.2) is 55.6 Å². The molecule has 0 spiro atoms. The van der Waals surface area contributed by atoms with E-state index < -0.39 is 52.5 Å². The van der Waals surface area contributed by atoms with Crippen molar-refractivity contribution in [3.8, 4) is 0 Å². The zero-order valence-corrected chi connectivity index (χ0v) is 21.4. The van der Waals surface area contributed by atoms with Crippen molar-refractivity contribution in [2.45, 2.75) is 31.2 Å². The molecule has 2 bridgehead atoms. The van der Waals surface area contributed by atoms with Gasteiger partial charge < -0.3 is 18.8 Å². The van der Waals surface area contributed by atoms with Crippen LogP contribution in [-0.2, 0) is 29.1 Å². The van der Waals surface area contributed by atoms with Gasteiger partial charge in [-0.3, -0.25) is 4.79 Å². The van der Waals surface area contributed by atoms with Gasteiger partial charge in [-0.05, 0) is 86.3 Å². The maximum absolute atomic E-state index is 12.7. The number of esters is 2. The first kappa shape index (κ1) is 22.9. The summed E-state index contributed by atoms with van der Waals surface area (Å²) in [6.07, 6.45) is -0.533. The van der Waals surface area contributed by atoms with Gasteiger partial charge in [0.05, 0.1) is 33.5 Å². The molecule has 12 heteroatoms. The van der Waals surface area contributed by atoms with Gasteiger partial charge in [-0.2, -0.15) is 0 Å². The molecule has 2 saturated heterocycles. The Morgan fingerprint density at radius 3 is 2.57 bits per heavy atom. The van der Waals surface area contributed by atoms with Crippen LogP contribution in [0.1, 0.15) is 23.2 Å². The summed E-state index contributed by atoms with van der Waals surface area (Å²) < 4.78 is 50.7. The predicted molar refractivity (Wildman–Crippen MR) is 121 cm³/mol. The van der Waals surface area contributed by atoms with Gasteiger partial charge in [-0.25, -0.2) is 13.2 Å². The molecule has 1 aromatic carbocycles. The molecule has 3 rings (SSSR count). The lowest BCUT2D eigenvalue weighted by Gasteiger charge is -2.25. The van der Waals surface area contributed by atoms with Crippen molar-refractivity contribution in [2.24, 2.45) is 5.92 Å². The van der Waals surface area contributed by atoms with Crippen LogP contribution in [0.5, 0.6) is 0 Å². The van der Waals surface area contributed by atoms with Gasteiger partial charge >= 0.3 is 11.9 Å². The molecular weight excluding hydrogens is 733 g/mol. The van der Waals surface area contributed by atoms with Crippen molar-refractivity contribution in [1.82, 2.24) is 0 Å². The number of fused-ring (bicyclic) bond motifs is 2. The lowest BCUT2D eigenvalue weighted by atomic mass is 9.87. The van der Waals surface area contributed by atoms with Crippen LogP contribution in [0.2, 0.25) is 0 Å². The first-order valence-electron chi connectivity index (χ1n) is 8.16. The van der Waals surface area contributed by atoms with Gasteiger partial charge in [-0.1, -0.05) is 0 Å². The van der Waals surface area contributed by atoms with E-state index in [1.165, 1.54) is 0 Å². The lowest BCUT2D eigenvalue weighted by Crippen LogP contribution is -2.39. The minimum Gasteiger partial charge on any atom is -0.748 e. The third-order valence-electron chi connectivity index (χ3n) is 4.48. The second kappa shape index (κ2) is 9.15. The van der Waals surface area contributed by atoms with Crippen molar-refractivity contribution in [1.29, 1.82) is 0 Å². The van der Waals surface area contributed by atoms with Crippen LogP contribution in [0.15, 0.2) is 12.1 Å². The summed E-state index contributed by atoms with van der Waals surface area (Å²) in [5.74, 6) is -2.55. The highest BCUT2D eigenvalue weighted by molar-refractivity contribution is 14.1. The molecule has 8 nitrogen and oxygen atoms in total. The zero-order chi connectivity index (χ0) is 20.6. The molecule has 0 N–H and O–H groups in total.